The SMILES string of the molecule is Cc1cc(S(=O)(=O)NCCNC(=O)[C@H]2CCN[C@@H](C)C2)c(C)s1.Cl. The highest BCUT2D eigenvalue weighted by molar-refractivity contribution is 7.89. The molecule has 138 valence electrons. The van der Waals surface area contributed by atoms with Gasteiger partial charge >= 0.3 is 0 Å². The summed E-state index contributed by atoms with van der Waals surface area (Å²) in [5.74, 6) is 0.0322. The number of carbonyl (C=O) groups is 1. The smallest absolute Gasteiger partial charge is 0.241 e. The number of nitrogens with one attached hydrogen (secondary N) is 3. The van der Waals surface area contributed by atoms with Crippen LogP contribution in [0, 0.1) is 19.8 Å². The normalized spacial score (nSPS) is 21.1. The second-order valence-electron chi connectivity index (χ2n) is 6.04. The van der Waals surface area contributed by atoms with Gasteiger partial charge in [0.25, 0.3) is 0 Å². The summed E-state index contributed by atoms with van der Waals surface area (Å²) in [5.41, 5.74) is 0. The summed E-state index contributed by atoms with van der Waals surface area (Å²) < 4.78 is 27.0. The number of halogens is 1. The molecule has 2 heterocycles. The van der Waals surface area contributed by atoms with E-state index in [1.165, 1.54) is 11.3 Å². The summed E-state index contributed by atoms with van der Waals surface area (Å²) in [7, 11) is -3.50. The average Bonchev–Trinajstić information content (AvgIpc) is 2.83. The molecule has 0 aliphatic carbocycles. The number of thiophene rings is 1. The molecular formula is C15H26ClN3O3S2. The third-order valence-corrected chi connectivity index (χ3v) is 6.68. The van der Waals surface area contributed by atoms with Crippen LogP contribution in [0.2, 0.25) is 0 Å². The lowest BCUT2D eigenvalue weighted by Crippen LogP contribution is -2.44. The summed E-state index contributed by atoms with van der Waals surface area (Å²) in [6.07, 6.45) is 1.65. The summed E-state index contributed by atoms with van der Waals surface area (Å²) >= 11 is 1.46. The maximum Gasteiger partial charge on any atom is 0.241 e. The fraction of sp³-hybridized carbons (Fsp3) is 0.667. The average molecular weight is 396 g/mol. The Labute approximate surface area is 154 Å². The van der Waals surface area contributed by atoms with Gasteiger partial charge in [-0.25, -0.2) is 13.1 Å². The van der Waals surface area contributed by atoms with Gasteiger partial charge in [-0.3, -0.25) is 4.79 Å². The summed E-state index contributed by atoms with van der Waals surface area (Å²) in [4.78, 5) is 14.2. The number of rotatable bonds is 6. The van der Waals surface area contributed by atoms with E-state index >= 15 is 0 Å². The van der Waals surface area contributed by atoms with Crippen molar-refractivity contribution < 1.29 is 13.2 Å². The van der Waals surface area contributed by atoms with Crippen LogP contribution in [0.5, 0.6) is 0 Å². The van der Waals surface area contributed by atoms with E-state index < -0.39 is 10.0 Å². The standard InChI is InChI=1S/C15H25N3O3S2.ClH/c1-10-8-13(4-5-16-10)15(19)17-6-7-18-23(20,21)14-9-11(2)22-12(14)3;/h9-10,13,16,18H,4-8H2,1-3H3,(H,17,19);1H/t10-,13-;/m0./s1. The zero-order valence-electron chi connectivity index (χ0n) is 14.2. The Morgan fingerprint density at radius 3 is 2.67 bits per heavy atom. The van der Waals surface area contributed by atoms with Gasteiger partial charge in [0.15, 0.2) is 0 Å². The molecule has 0 bridgehead atoms. The van der Waals surface area contributed by atoms with Crippen molar-refractivity contribution >= 4 is 39.7 Å². The molecule has 0 spiro atoms. The highest BCUT2D eigenvalue weighted by Gasteiger charge is 2.24. The molecule has 9 heteroatoms. The molecule has 1 aliphatic heterocycles. The van der Waals surface area contributed by atoms with E-state index in [1.54, 1.807) is 13.0 Å². The number of amides is 1. The topological polar surface area (TPSA) is 87.3 Å². The molecule has 0 saturated carbocycles. The summed E-state index contributed by atoms with van der Waals surface area (Å²) in [6.45, 7) is 7.10. The first-order valence-electron chi connectivity index (χ1n) is 7.87. The van der Waals surface area contributed by atoms with Crippen LogP contribution >= 0.6 is 23.7 Å². The van der Waals surface area contributed by atoms with Crippen LogP contribution in [0.4, 0.5) is 0 Å². The molecule has 1 amide bonds. The van der Waals surface area contributed by atoms with Crippen molar-refractivity contribution in [1.82, 2.24) is 15.4 Å². The van der Waals surface area contributed by atoms with Crippen LogP contribution in [0.3, 0.4) is 0 Å². The Morgan fingerprint density at radius 2 is 2.08 bits per heavy atom. The molecule has 1 aromatic rings. The Bertz CT molecular complexity index is 661. The summed E-state index contributed by atoms with van der Waals surface area (Å²) in [6, 6.07) is 2.03. The predicted molar refractivity (Wildman–Crippen MR) is 99.4 cm³/mol. The molecule has 2 atom stereocenters. The highest BCUT2D eigenvalue weighted by Crippen LogP contribution is 2.24. The minimum Gasteiger partial charge on any atom is -0.355 e. The van der Waals surface area contributed by atoms with Crippen LogP contribution in [0.1, 0.15) is 29.5 Å². The van der Waals surface area contributed by atoms with Gasteiger partial charge in [0.05, 0.1) is 4.90 Å². The lowest BCUT2D eigenvalue weighted by atomic mass is 9.92. The lowest BCUT2D eigenvalue weighted by Gasteiger charge is -2.27. The number of sulfonamides is 1. The molecule has 2 rings (SSSR count). The third kappa shape index (κ3) is 5.70. The van der Waals surface area contributed by atoms with Gasteiger partial charge in [0.2, 0.25) is 15.9 Å². The number of hydrogen-bond donors (Lipinski definition) is 3. The highest BCUT2D eigenvalue weighted by atomic mass is 35.5. The van der Waals surface area contributed by atoms with Gasteiger partial charge in [-0.05, 0) is 46.2 Å². The van der Waals surface area contributed by atoms with Crippen molar-refractivity contribution in [3.63, 3.8) is 0 Å². The second kappa shape index (κ2) is 9.15. The van der Waals surface area contributed by atoms with Gasteiger partial charge in [-0.2, -0.15) is 0 Å². The van der Waals surface area contributed by atoms with E-state index in [1.807, 2.05) is 6.92 Å². The van der Waals surface area contributed by atoms with Crippen molar-refractivity contribution in [1.29, 1.82) is 0 Å². The van der Waals surface area contributed by atoms with Crippen molar-refractivity contribution in [2.75, 3.05) is 19.6 Å². The van der Waals surface area contributed by atoms with Crippen molar-refractivity contribution in [3.05, 3.63) is 15.8 Å². The Balaban J connectivity index is 0.00000288. The van der Waals surface area contributed by atoms with E-state index in [-0.39, 0.29) is 30.8 Å². The number of carbonyl (C=O) groups excluding carboxylic acids is 1. The van der Waals surface area contributed by atoms with Gasteiger partial charge in [-0.1, -0.05) is 0 Å². The Kier molecular flexibility index (Phi) is 8.14. The lowest BCUT2D eigenvalue weighted by molar-refractivity contribution is -0.126. The van der Waals surface area contributed by atoms with E-state index in [9.17, 15) is 13.2 Å². The van der Waals surface area contributed by atoms with E-state index in [0.29, 0.717) is 17.5 Å². The maximum atomic E-state index is 12.2. The largest absolute Gasteiger partial charge is 0.355 e. The van der Waals surface area contributed by atoms with Crippen molar-refractivity contribution in [2.24, 2.45) is 5.92 Å². The third-order valence-electron chi connectivity index (χ3n) is 4.00. The minimum absolute atomic E-state index is 0. The van der Waals surface area contributed by atoms with Crippen molar-refractivity contribution in [2.45, 2.75) is 44.6 Å². The number of aryl methyl sites for hydroxylation is 2. The molecule has 24 heavy (non-hydrogen) atoms. The van der Waals surface area contributed by atoms with Crippen LogP contribution < -0.4 is 15.4 Å². The second-order valence-corrected chi connectivity index (χ2v) is 9.24. The number of piperidine rings is 1. The molecule has 1 saturated heterocycles. The zero-order valence-corrected chi connectivity index (χ0v) is 16.7. The predicted octanol–water partition coefficient (Wildman–Crippen LogP) is 1.57. The molecule has 1 aromatic heterocycles. The zero-order chi connectivity index (χ0) is 17.0. The first-order chi connectivity index (χ1) is 10.8. The number of hydrogen-bond acceptors (Lipinski definition) is 5. The maximum absolute atomic E-state index is 12.2. The van der Waals surface area contributed by atoms with Crippen LogP contribution in [0.15, 0.2) is 11.0 Å². The molecule has 0 radical (unpaired) electrons. The fourth-order valence-electron chi connectivity index (χ4n) is 2.84. The van der Waals surface area contributed by atoms with Gasteiger partial charge in [0, 0.05) is 34.8 Å². The van der Waals surface area contributed by atoms with Crippen LogP contribution in [-0.4, -0.2) is 40.0 Å². The molecule has 3 N–H and O–H groups in total. The van der Waals surface area contributed by atoms with E-state index in [2.05, 4.69) is 22.3 Å². The van der Waals surface area contributed by atoms with E-state index in [4.69, 9.17) is 0 Å². The Hall–Kier alpha value is -0.670. The molecule has 6 nitrogen and oxygen atoms in total. The fourth-order valence-corrected chi connectivity index (χ4v) is 5.42. The molecular weight excluding hydrogens is 370 g/mol. The summed E-state index contributed by atoms with van der Waals surface area (Å²) in [5, 5.41) is 6.13. The minimum atomic E-state index is -3.50. The Morgan fingerprint density at radius 1 is 1.38 bits per heavy atom. The first-order valence-corrected chi connectivity index (χ1v) is 10.2. The molecule has 0 unspecified atom stereocenters. The first kappa shape index (κ1) is 21.4. The van der Waals surface area contributed by atoms with Gasteiger partial charge in [0.1, 0.15) is 0 Å². The van der Waals surface area contributed by atoms with Crippen LogP contribution in [0.25, 0.3) is 0 Å². The van der Waals surface area contributed by atoms with Gasteiger partial charge < -0.3 is 10.6 Å². The quantitative estimate of drug-likeness (QED) is 0.638. The van der Waals surface area contributed by atoms with Gasteiger partial charge in [-0.15, -0.1) is 23.7 Å². The van der Waals surface area contributed by atoms with Crippen LogP contribution in [-0.2, 0) is 14.8 Å². The monoisotopic (exact) mass is 395 g/mol. The van der Waals surface area contributed by atoms with Crippen molar-refractivity contribution in [3.8, 4) is 0 Å². The van der Waals surface area contributed by atoms with E-state index in [0.717, 1.165) is 29.1 Å². The molecule has 1 aliphatic rings. The molecule has 1 fully saturated rings. The molecule has 0 aromatic carbocycles.